The molecular formula is C21H27N5O3. The largest absolute Gasteiger partial charge is 0.450 e. The summed E-state index contributed by atoms with van der Waals surface area (Å²) in [5, 5.41) is 6.17. The number of carbonyl (C=O) groups is 2. The fourth-order valence-corrected chi connectivity index (χ4v) is 3.39. The Labute approximate surface area is 170 Å². The van der Waals surface area contributed by atoms with Crippen molar-refractivity contribution in [2.45, 2.75) is 39.7 Å². The van der Waals surface area contributed by atoms with Crippen LogP contribution < -0.4 is 10.6 Å². The van der Waals surface area contributed by atoms with Gasteiger partial charge in [-0.05, 0) is 56.9 Å². The average Bonchev–Trinajstić information content (AvgIpc) is 2.68. The van der Waals surface area contributed by atoms with Crippen LogP contribution >= 0.6 is 0 Å². The van der Waals surface area contributed by atoms with Crippen molar-refractivity contribution in [1.29, 1.82) is 0 Å². The number of aromatic nitrogens is 2. The van der Waals surface area contributed by atoms with Crippen LogP contribution in [0.2, 0.25) is 0 Å². The first-order valence-corrected chi connectivity index (χ1v) is 9.84. The number of aryl methyl sites for hydroxylation is 2. The third kappa shape index (κ3) is 5.66. The SMILES string of the molecule is CCOC(=O)N1CCC(NC(=O)c2cnc(Nc3cc(C)cc(C)c3)cn2)CC1. The molecule has 0 saturated carbocycles. The van der Waals surface area contributed by atoms with Gasteiger partial charge in [-0.25, -0.2) is 14.8 Å². The second kappa shape index (κ2) is 9.36. The Morgan fingerprint density at radius 2 is 1.79 bits per heavy atom. The molecule has 3 rings (SSSR count). The van der Waals surface area contributed by atoms with Crippen molar-refractivity contribution in [1.82, 2.24) is 20.2 Å². The Hall–Kier alpha value is -3.16. The fraction of sp³-hybridized carbons (Fsp3) is 0.429. The maximum absolute atomic E-state index is 12.5. The van der Waals surface area contributed by atoms with Crippen LogP contribution in [0.15, 0.2) is 30.6 Å². The number of benzene rings is 1. The number of hydrogen-bond donors (Lipinski definition) is 2. The number of piperidine rings is 1. The standard InChI is InChI=1S/C21H27N5O3/c1-4-29-21(28)26-7-5-16(6-8-26)25-20(27)18-12-23-19(13-22-18)24-17-10-14(2)9-15(3)11-17/h9-13,16H,4-8H2,1-3H3,(H,23,24)(H,25,27). The fourth-order valence-electron chi connectivity index (χ4n) is 3.39. The average molecular weight is 397 g/mol. The lowest BCUT2D eigenvalue weighted by Crippen LogP contribution is -2.46. The lowest BCUT2D eigenvalue weighted by atomic mass is 10.1. The summed E-state index contributed by atoms with van der Waals surface area (Å²) in [5.74, 6) is 0.319. The van der Waals surface area contributed by atoms with Crippen molar-refractivity contribution >= 4 is 23.5 Å². The second-order valence-corrected chi connectivity index (χ2v) is 7.22. The molecule has 2 amide bonds. The highest BCUT2D eigenvalue weighted by Gasteiger charge is 2.25. The lowest BCUT2D eigenvalue weighted by Gasteiger charge is -2.31. The molecule has 0 aliphatic carbocycles. The predicted molar refractivity (Wildman–Crippen MR) is 110 cm³/mol. The first-order valence-electron chi connectivity index (χ1n) is 9.84. The van der Waals surface area contributed by atoms with Gasteiger partial charge in [0.15, 0.2) is 0 Å². The van der Waals surface area contributed by atoms with Gasteiger partial charge in [0, 0.05) is 24.8 Å². The molecule has 0 radical (unpaired) electrons. The van der Waals surface area contributed by atoms with Crippen LogP contribution in [0.4, 0.5) is 16.3 Å². The van der Waals surface area contributed by atoms with Gasteiger partial charge in [-0.1, -0.05) is 6.07 Å². The number of ether oxygens (including phenoxy) is 1. The van der Waals surface area contributed by atoms with Crippen molar-refractivity contribution in [3.05, 3.63) is 47.4 Å². The minimum absolute atomic E-state index is 0.00282. The van der Waals surface area contributed by atoms with Gasteiger partial charge in [-0.3, -0.25) is 4.79 Å². The van der Waals surface area contributed by atoms with E-state index in [4.69, 9.17) is 4.74 Å². The zero-order chi connectivity index (χ0) is 20.8. The number of nitrogens with zero attached hydrogens (tertiary/aromatic N) is 3. The topological polar surface area (TPSA) is 96.5 Å². The summed E-state index contributed by atoms with van der Waals surface area (Å²) >= 11 is 0. The summed E-state index contributed by atoms with van der Waals surface area (Å²) < 4.78 is 5.01. The van der Waals surface area contributed by atoms with Gasteiger partial charge in [0.05, 0.1) is 19.0 Å². The number of nitrogens with one attached hydrogen (secondary N) is 2. The summed E-state index contributed by atoms with van der Waals surface area (Å²) in [6, 6.07) is 6.15. The highest BCUT2D eigenvalue weighted by molar-refractivity contribution is 5.92. The van der Waals surface area contributed by atoms with Gasteiger partial charge in [-0.15, -0.1) is 0 Å². The van der Waals surface area contributed by atoms with E-state index in [-0.39, 0.29) is 23.7 Å². The molecule has 0 bridgehead atoms. The molecule has 1 aliphatic heterocycles. The first kappa shape index (κ1) is 20.6. The third-order valence-electron chi connectivity index (χ3n) is 4.73. The summed E-state index contributed by atoms with van der Waals surface area (Å²) in [6.45, 7) is 7.35. The molecular weight excluding hydrogens is 370 g/mol. The van der Waals surface area contributed by atoms with Crippen molar-refractivity contribution in [3.8, 4) is 0 Å². The van der Waals surface area contributed by atoms with Gasteiger partial charge < -0.3 is 20.3 Å². The normalized spacial score (nSPS) is 14.4. The van der Waals surface area contributed by atoms with Crippen LogP contribution in [0.1, 0.15) is 41.4 Å². The van der Waals surface area contributed by atoms with Gasteiger partial charge in [0.25, 0.3) is 5.91 Å². The molecule has 2 heterocycles. The van der Waals surface area contributed by atoms with Crippen LogP contribution in [0.3, 0.4) is 0 Å². The minimum atomic E-state index is -0.296. The number of hydrogen-bond acceptors (Lipinski definition) is 6. The highest BCUT2D eigenvalue weighted by atomic mass is 16.6. The zero-order valence-corrected chi connectivity index (χ0v) is 17.1. The van der Waals surface area contributed by atoms with Crippen LogP contribution in [-0.4, -0.2) is 52.6 Å². The lowest BCUT2D eigenvalue weighted by molar-refractivity contribution is 0.0856. The number of rotatable bonds is 5. The van der Waals surface area contributed by atoms with Crippen LogP contribution in [0.25, 0.3) is 0 Å². The molecule has 0 spiro atoms. The van der Waals surface area contributed by atoms with E-state index in [2.05, 4.69) is 26.7 Å². The zero-order valence-electron chi connectivity index (χ0n) is 17.1. The van der Waals surface area contributed by atoms with E-state index in [9.17, 15) is 9.59 Å². The van der Waals surface area contributed by atoms with Crippen LogP contribution in [-0.2, 0) is 4.74 Å². The highest BCUT2D eigenvalue weighted by Crippen LogP contribution is 2.18. The molecule has 1 aromatic heterocycles. The number of amides is 2. The molecule has 29 heavy (non-hydrogen) atoms. The first-order chi connectivity index (χ1) is 13.9. The number of carbonyl (C=O) groups excluding carboxylic acids is 2. The van der Waals surface area contributed by atoms with E-state index in [1.165, 1.54) is 6.20 Å². The molecule has 0 atom stereocenters. The van der Waals surface area contributed by atoms with Crippen molar-refractivity contribution in [2.24, 2.45) is 0 Å². The summed E-state index contributed by atoms with van der Waals surface area (Å²) in [7, 11) is 0. The van der Waals surface area contributed by atoms with E-state index < -0.39 is 0 Å². The van der Waals surface area contributed by atoms with E-state index in [1.54, 1.807) is 18.0 Å². The van der Waals surface area contributed by atoms with E-state index >= 15 is 0 Å². The van der Waals surface area contributed by atoms with Gasteiger partial charge >= 0.3 is 6.09 Å². The molecule has 1 fully saturated rings. The third-order valence-corrected chi connectivity index (χ3v) is 4.73. The number of likely N-dealkylation sites (tertiary alicyclic amines) is 1. The summed E-state index contributed by atoms with van der Waals surface area (Å²) in [5.41, 5.74) is 3.52. The molecule has 8 nitrogen and oxygen atoms in total. The maximum Gasteiger partial charge on any atom is 0.409 e. The van der Waals surface area contributed by atoms with Crippen molar-refractivity contribution in [3.63, 3.8) is 0 Å². The van der Waals surface area contributed by atoms with E-state index in [1.807, 2.05) is 26.0 Å². The monoisotopic (exact) mass is 397 g/mol. The Morgan fingerprint density at radius 3 is 2.38 bits per heavy atom. The molecule has 1 aromatic carbocycles. The van der Waals surface area contributed by atoms with Gasteiger partial charge in [-0.2, -0.15) is 0 Å². The summed E-state index contributed by atoms with van der Waals surface area (Å²) in [6.07, 6.45) is 4.09. The van der Waals surface area contributed by atoms with Crippen molar-refractivity contribution in [2.75, 3.05) is 25.0 Å². The Bertz CT molecular complexity index is 841. The molecule has 2 N–H and O–H groups in total. The molecule has 1 saturated heterocycles. The maximum atomic E-state index is 12.5. The van der Waals surface area contributed by atoms with E-state index in [0.29, 0.717) is 38.4 Å². The number of anilines is 2. The molecule has 2 aromatic rings. The van der Waals surface area contributed by atoms with E-state index in [0.717, 1.165) is 16.8 Å². The van der Waals surface area contributed by atoms with Crippen molar-refractivity contribution < 1.29 is 14.3 Å². The Kier molecular flexibility index (Phi) is 6.64. The summed E-state index contributed by atoms with van der Waals surface area (Å²) in [4.78, 5) is 34.4. The Morgan fingerprint density at radius 1 is 1.10 bits per heavy atom. The van der Waals surface area contributed by atoms with Gasteiger partial charge in [0.1, 0.15) is 11.5 Å². The smallest absolute Gasteiger partial charge is 0.409 e. The molecule has 0 unspecified atom stereocenters. The van der Waals surface area contributed by atoms with Crippen LogP contribution in [0, 0.1) is 13.8 Å². The molecule has 1 aliphatic rings. The molecule has 154 valence electrons. The minimum Gasteiger partial charge on any atom is -0.450 e. The van der Waals surface area contributed by atoms with Crippen LogP contribution in [0.5, 0.6) is 0 Å². The molecule has 8 heteroatoms. The quantitative estimate of drug-likeness (QED) is 0.804. The Balaban J connectivity index is 1.52. The van der Waals surface area contributed by atoms with Gasteiger partial charge in [0.2, 0.25) is 0 Å². The second-order valence-electron chi connectivity index (χ2n) is 7.22. The predicted octanol–water partition coefficient (Wildman–Crippen LogP) is 3.19.